The zero-order valence-electron chi connectivity index (χ0n) is 25.6. The largest absolute Gasteiger partial charge is 0.357 e. The molecule has 40 heavy (non-hydrogen) atoms. The molecule has 4 nitrogen and oxygen atoms in total. The molecule has 8 atom stereocenters. The van der Waals surface area contributed by atoms with Gasteiger partial charge < -0.3 is 4.74 Å². The second-order valence-electron chi connectivity index (χ2n) is 15.0. The zero-order valence-corrected chi connectivity index (χ0v) is 25.6. The summed E-state index contributed by atoms with van der Waals surface area (Å²) >= 11 is 0. The molecule has 6 rings (SSSR count). The summed E-state index contributed by atoms with van der Waals surface area (Å²) in [5, 5.41) is 0. The predicted octanol–water partition coefficient (Wildman–Crippen LogP) is 8.67. The minimum absolute atomic E-state index is 0.0598. The van der Waals surface area contributed by atoms with Gasteiger partial charge in [-0.15, -0.1) is 0 Å². The Bertz CT molecular complexity index is 1140. The normalized spacial score (nSPS) is 37.6. The molecule has 1 aromatic carbocycles. The molecule has 4 heteroatoms. The molecule has 0 radical (unpaired) electrons. The van der Waals surface area contributed by atoms with Crippen molar-refractivity contribution < 1.29 is 14.3 Å². The van der Waals surface area contributed by atoms with E-state index < -0.39 is 0 Å². The van der Waals surface area contributed by atoms with Crippen molar-refractivity contribution in [1.29, 1.82) is 0 Å². The molecule has 3 saturated carbocycles. The van der Waals surface area contributed by atoms with Gasteiger partial charge in [-0.1, -0.05) is 77.7 Å². The predicted molar refractivity (Wildman–Crippen MR) is 160 cm³/mol. The number of imide groups is 1. The molecule has 1 unspecified atom stereocenters. The summed E-state index contributed by atoms with van der Waals surface area (Å²) in [4.78, 5) is 26.9. The van der Waals surface area contributed by atoms with Crippen molar-refractivity contribution in [2.24, 2.45) is 46.3 Å². The lowest BCUT2D eigenvalue weighted by Crippen LogP contribution is -2.51. The molecular weight excluding hydrogens is 494 g/mol. The highest BCUT2D eigenvalue weighted by atomic mass is 16.5. The second-order valence-corrected chi connectivity index (χ2v) is 15.0. The second kappa shape index (κ2) is 10.7. The van der Waals surface area contributed by atoms with Gasteiger partial charge in [0.25, 0.3) is 11.8 Å². The molecule has 0 saturated heterocycles. The summed E-state index contributed by atoms with van der Waals surface area (Å²) in [6.07, 6.45) is 16.8. The van der Waals surface area contributed by atoms with E-state index in [1.807, 2.05) is 12.1 Å². The summed E-state index contributed by atoms with van der Waals surface area (Å²) in [6, 6.07) is 7.10. The maximum atomic E-state index is 12.8. The van der Waals surface area contributed by atoms with E-state index in [1.165, 1.54) is 56.3 Å². The van der Waals surface area contributed by atoms with Gasteiger partial charge in [0, 0.05) is 0 Å². The summed E-state index contributed by atoms with van der Waals surface area (Å²) in [5.74, 6) is 4.61. The number of carbonyl (C=O) groups is 2. The smallest absolute Gasteiger partial charge is 0.263 e. The maximum Gasteiger partial charge on any atom is 0.263 e. The lowest BCUT2D eigenvalue weighted by atomic mass is 9.47. The first-order valence-corrected chi connectivity index (χ1v) is 16.4. The van der Waals surface area contributed by atoms with Crippen LogP contribution in [0.25, 0.3) is 0 Å². The number of rotatable bonds is 8. The van der Waals surface area contributed by atoms with Gasteiger partial charge in [-0.05, 0) is 110 Å². The van der Waals surface area contributed by atoms with E-state index in [1.54, 1.807) is 17.7 Å². The van der Waals surface area contributed by atoms with Gasteiger partial charge in [0.2, 0.25) is 0 Å². The highest BCUT2D eigenvalue weighted by molar-refractivity contribution is 6.21. The number of hydrogen-bond acceptors (Lipinski definition) is 3. The van der Waals surface area contributed by atoms with Crippen molar-refractivity contribution in [2.45, 2.75) is 111 Å². The van der Waals surface area contributed by atoms with Crippen molar-refractivity contribution >= 4 is 11.8 Å². The third kappa shape index (κ3) is 4.61. The minimum atomic E-state index is -0.227. The molecular formula is C36H51NO3. The summed E-state index contributed by atoms with van der Waals surface area (Å²) in [7, 11) is 0. The summed E-state index contributed by atoms with van der Waals surface area (Å²) < 4.78 is 6.29. The van der Waals surface area contributed by atoms with Crippen LogP contribution in [0.5, 0.6) is 0 Å². The Kier molecular flexibility index (Phi) is 7.55. The average Bonchev–Trinajstić information content (AvgIpc) is 3.41. The van der Waals surface area contributed by atoms with E-state index in [9.17, 15) is 9.59 Å². The summed E-state index contributed by atoms with van der Waals surface area (Å²) in [5.41, 5.74) is 3.38. The quantitative estimate of drug-likeness (QED) is 0.242. The van der Waals surface area contributed by atoms with E-state index in [0.717, 1.165) is 54.8 Å². The van der Waals surface area contributed by atoms with Crippen molar-refractivity contribution in [2.75, 3.05) is 6.73 Å². The molecule has 0 N–H and O–H groups in total. The number of allylic oxidation sites excluding steroid dienone is 1. The molecule has 4 aliphatic carbocycles. The van der Waals surface area contributed by atoms with Crippen molar-refractivity contribution in [3.05, 3.63) is 47.0 Å². The standard InChI is InChI=1S/C36H51NO3/c1-23(2)9-8-10-24(3)30-15-16-31-29-14-13-25-21-26(17-19-35(25,4)32(29)18-20-36(30,31)5)40-22-37-33(38)27-11-6-7-12-28(27)34(37)39/h6-7,11-13,23-24,26,29-32H,8-10,14-22H2,1-5H3/t24-,26?,29+,30-,31+,32+,35+,36-/m1/s1. The van der Waals surface area contributed by atoms with E-state index >= 15 is 0 Å². The van der Waals surface area contributed by atoms with Crippen LogP contribution in [0.4, 0.5) is 0 Å². The maximum absolute atomic E-state index is 12.8. The van der Waals surface area contributed by atoms with Gasteiger partial charge in [-0.3, -0.25) is 9.59 Å². The number of carbonyl (C=O) groups excluding carboxylic acids is 2. The van der Waals surface area contributed by atoms with Crippen LogP contribution in [0, 0.1) is 46.3 Å². The van der Waals surface area contributed by atoms with E-state index in [-0.39, 0.29) is 30.1 Å². The molecule has 218 valence electrons. The van der Waals surface area contributed by atoms with Crippen molar-refractivity contribution in [1.82, 2.24) is 4.90 Å². The molecule has 0 aromatic heterocycles. The zero-order chi connectivity index (χ0) is 28.2. The Morgan fingerprint density at radius 3 is 2.35 bits per heavy atom. The van der Waals surface area contributed by atoms with Gasteiger partial charge in [0.1, 0.15) is 6.73 Å². The Morgan fingerprint density at radius 2 is 1.65 bits per heavy atom. The van der Waals surface area contributed by atoms with Crippen LogP contribution in [0.15, 0.2) is 35.9 Å². The van der Waals surface area contributed by atoms with Gasteiger partial charge >= 0.3 is 0 Å². The van der Waals surface area contributed by atoms with Crippen molar-refractivity contribution in [3.63, 3.8) is 0 Å². The fourth-order valence-corrected chi connectivity index (χ4v) is 10.3. The van der Waals surface area contributed by atoms with Crippen LogP contribution in [-0.2, 0) is 4.74 Å². The monoisotopic (exact) mass is 545 g/mol. The van der Waals surface area contributed by atoms with Gasteiger partial charge in [0.15, 0.2) is 0 Å². The third-order valence-electron chi connectivity index (χ3n) is 12.6. The topological polar surface area (TPSA) is 46.6 Å². The Hall–Kier alpha value is -1.94. The minimum Gasteiger partial charge on any atom is -0.357 e. The molecule has 2 amide bonds. The first-order valence-electron chi connectivity index (χ1n) is 16.4. The lowest BCUT2D eigenvalue weighted by Gasteiger charge is -2.58. The molecule has 1 aliphatic heterocycles. The number of amides is 2. The van der Waals surface area contributed by atoms with Gasteiger partial charge in [0.05, 0.1) is 17.2 Å². The molecule has 0 bridgehead atoms. The highest BCUT2D eigenvalue weighted by Crippen LogP contribution is 2.67. The van der Waals surface area contributed by atoms with E-state index in [2.05, 4.69) is 40.7 Å². The number of hydrogen-bond donors (Lipinski definition) is 0. The van der Waals surface area contributed by atoms with Gasteiger partial charge in [-0.25, -0.2) is 4.90 Å². The van der Waals surface area contributed by atoms with Crippen LogP contribution in [0.1, 0.15) is 126 Å². The Balaban J connectivity index is 1.09. The van der Waals surface area contributed by atoms with Crippen LogP contribution in [-0.4, -0.2) is 29.5 Å². The van der Waals surface area contributed by atoms with Crippen molar-refractivity contribution in [3.8, 4) is 0 Å². The van der Waals surface area contributed by atoms with Crippen LogP contribution in [0.3, 0.4) is 0 Å². The number of fused-ring (bicyclic) bond motifs is 6. The molecule has 0 spiro atoms. The highest BCUT2D eigenvalue weighted by Gasteiger charge is 2.59. The number of ether oxygens (including phenoxy) is 1. The first kappa shape index (κ1) is 28.2. The molecule has 1 aromatic rings. The molecule has 1 heterocycles. The van der Waals surface area contributed by atoms with E-state index in [4.69, 9.17) is 4.74 Å². The van der Waals surface area contributed by atoms with Crippen LogP contribution in [0.2, 0.25) is 0 Å². The first-order chi connectivity index (χ1) is 19.1. The third-order valence-corrected chi connectivity index (χ3v) is 12.6. The van der Waals surface area contributed by atoms with E-state index in [0.29, 0.717) is 16.5 Å². The number of nitrogens with zero attached hydrogens (tertiary/aromatic N) is 1. The van der Waals surface area contributed by atoms with Gasteiger partial charge in [-0.2, -0.15) is 0 Å². The lowest BCUT2D eigenvalue weighted by molar-refractivity contribution is -0.0703. The summed E-state index contributed by atoms with van der Waals surface area (Å²) in [6.45, 7) is 12.6. The van der Waals surface area contributed by atoms with Crippen LogP contribution < -0.4 is 0 Å². The Labute approximate surface area is 242 Å². The van der Waals surface area contributed by atoms with Crippen LogP contribution >= 0.6 is 0 Å². The average molecular weight is 546 g/mol. The SMILES string of the molecule is CC(C)CCC[C@@H](C)[C@H]1CC[C@H]2[C@@H]3CC=C4CC(OCN5C(=O)c6ccccc6C5=O)CC[C@]4(C)[C@H]3CC[C@]12C. The number of benzene rings is 1. The fraction of sp³-hybridized carbons (Fsp3) is 0.722. The molecule has 5 aliphatic rings. The Morgan fingerprint density at radius 1 is 0.925 bits per heavy atom. The fourth-order valence-electron chi connectivity index (χ4n) is 10.3. The molecule has 3 fully saturated rings.